The van der Waals surface area contributed by atoms with E-state index in [9.17, 15) is 14.7 Å². The molecule has 0 atom stereocenters. The monoisotopic (exact) mass is 300 g/mol. The summed E-state index contributed by atoms with van der Waals surface area (Å²) in [5, 5.41) is 9.62. The lowest BCUT2D eigenvalue weighted by Gasteiger charge is -2.17. The van der Waals surface area contributed by atoms with Crippen LogP contribution in [-0.4, -0.2) is 31.6 Å². The lowest BCUT2D eigenvalue weighted by molar-refractivity contribution is 0.0693. The average Bonchev–Trinajstić information content (AvgIpc) is 2.53. The Kier molecular flexibility index (Phi) is 4.46. The van der Waals surface area contributed by atoms with Crippen molar-refractivity contribution in [1.82, 2.24) is 0 Å². The third kappa shape index (κ3) is 2.53. The zero-order valence-electron chi connectivity index (χ0n) is 12.5. The molecule has 0 aromatic heterocycles. The number of ether oxygens (including phenoxy) is 2. The lowest BCUT2D eigenvalue weighted by atomic mass is 9.91. The van der Waals surface area contributed by atoms with Crippen LogP contribution in [0.5, 0.6) is 11.5 Å². The summed E-state index contributed by atoms with van der Waals surface area (Å²) in [7, 11) is 2.76. The molecule has 0 aliphatic heterocycles. The Hall–Kier alpha value is -2.82. The first kappa shape index (κ1) is 15.6. The molecular formula is C17H16O5. The number of aryl methyl sites for hydroxylation is 1. The van der Waals surface area contributed by atoms with E-state index in [1.54, 1.807) is 12.1 Å². The van der Waals surface area contributed by atoms with Crippen LogP contribution in [0.2, 0.25) is 0 Å². The van der Waals surface area contributed by atoms with Crippen molar-refractivity contribution in [2.75, 3.05) is 14.2 Å². The number of methoxy groups -OCH3 is 2. The topological polar surface area (TPSA) is 72.8 Å². The van der Waals surface area contributed by atoms with Gasteiger partial charge in [-0.1, -0.05) is 24.3 Å². The number of aldehydes is 1. The largest absolute Gasteiger partial charge is 0.493 e. The number of hydrogen-bond acceptors (Lipinski definition) is 4. The summed E-state index contributed by atoms with van der Waals surface area (Å²) in [5.41, 5.74) is 2.02. The van der Waals surface area contributed by atoms with Gasteiger partial charge in [0.2, 0.25) is 0 Å². The summed E-state index contributed by atoms with van der Waals surface area (Å²) >= 11 is 0. The molecule has 0 amide bonds. The SMILES string of the molecule is COc1cc(C=O)c(-c2ccccc2C)c(C(=O)O)c1OC. The fraction of sp³-hybridized carbons (Fsp3) is 0.176. The molecule has 0 heterocycles. The molecule has 0 unspecified atom stereocenters. The minimum atomic E-state index is -1.18. The molecule has 2 aromatic carbocycles. The minimum absolute atomic E-state index is 0.0850. The molecule has 5 heteroatoms. The van der Waals surface area contributed by atoms with Gasteiger partial charge < -0.3 is 14.6 Å². The maximum absolute atomic E-state index is 11.8. The Morgan fingerprint density at radius 1 is 1.18 bits per heavy atom. The summed E-state index contributed by atoms with van der Waals surface area (Å²) in [5.74, 6) is -0.879. The van der Waals surface area contributed by atoms with Gasteiger partial charge >= 0.3 is 5.97 Å². The van der Waals surface area contributed by atoms with E-state index in [4.69, 9.17) is 9.47 Å². The normalized spacial score (nSPS) is 10.1. The smallest absolute Gasteiger partial charge is 0.340 e. The van der Waals surface area contributed by atoms with Crippen molar-refractivity contribution in [1.29, 1.82) is 0 Å². The van der Waals surface area contributed by atoms with Crippen molar-refractivity contribution in [2.24, 2.45) is 0 Å². The lowest BCUT2D eigenvalue weighted by Crippen LogP contribution is -2.08. The van der Waals surface area contributed by atoms with Crippen molar-refractivity contribution in [2.45, 2.75) is 6.92 Å². The van der Waals surface area contributed by atoms with Gasteiger partial charge in [-0.2, -0.15) is 0 Å². The van der Waals surface area contributed by atoms with E-state index in [0.29, 0.717) is 17.4 Å². The van der Waals surface area contributed by atoms with E-state index >= 15 is 0 Å². The molecule has 5 nitrogen and oxygen atoms in total. The van der Waals surface area contributed by atoms with Crippen molar-refractivity contribution >= 4 is 12.3 Å². The molecule has 22 heavy (non-hydrogen) atoms. The maximum atomic E-state index is 11.8. The summed E-state index contributed by atoms with van der Waals surface area (Å²) in [6.45, 7) is 1.85. The Bertz CT molecular complexity index is 734. The van der Waals surface area contributed by atoms with Gasteiger partial charge in [0.15, 0.2) is 17.8 Å². The Morgan fingerprint density at radius 2 is 1.86 bits per heavy atom. The van der Waals surface area contributed by atoms with E-state index in [1.165, 1.54) is 20.3 Å². The van der Waals surface area contributed by atoms with Gasteiger partial charge in [-0.05, 0) is 24.1 Å². The van der Waals surface area contributed by atoms with E-state index in [0.717, 1.165) is 5.56 Å². The molecule has 0 aliphatic carbocycles. The van der Waals surface area contributed by atoms with Gasteiger partial charge in [-0.15, -0.1) is 0 Å². The first-order chi connectivity index (χ1) is 10.5. The minimum Gasteiger partial charge on any atom is -0.493 e. The van der Waals surface area contributed by atoms with E-state index in [1.807, 2.05) is 19.1 Å². The van der Waals surface area contributed by atoms with Gasteiger partial charge in [-0.25, -0.2) is 4.79 Å². The second kappa shape index (κ2) is 6.30. The zero-order chi connectivity index (χ0) is 16.3. The highest BCUT2D eigenvalue weighted by Crippen LogP contribution is 2.41. The first-order valence-corrected chi connectivity index (χ1v) is 6.58. The van der Waals surface area contributed by atoms with E-state index in [-0.39, 0.29) is 22.6 Å². The molecule has 0 bridgehead atoms. The number of rotatable bonds is 5. The Balaban J connectivity index is 2.96. The van der Waals surface area contributed by atoms with Crippen LogP contribution >= 0.6 is 0 Å². The third-order valence-electron chi connectivity index (χ3n) is 3.46. The zero-order valence-corrected chi connectivity index (χ0v) is 12.5. The van der Waals surface area contributed by atoms with Crippen molar-refractivity contribution < 1.29 is 24.2 Å². The van der Waals surface area contributed by atoms with Crippen LogP contribution < -0.4 is 9.47 Å². The van der Waals surface area contributed by atoms with Gasteiger partial charge in [-0.3, -0.25) is 4.79 Å². The maximum Gasteiger partial charge on any atom is 0.340 e. The molecule has 0 aliphatic rings. The van der Waals surface area contributed by atoms with E-state index < -0.39 is 5.97 Å². The summed E-state index contributed by atoms with van der Waals surface area (Å²) in [6.07, 6.45) is 0.621. The number of hydrogen-bond donors (Lipinski definition) is 1. The Morgan fingerprint density at radius 3 is 2.36 bits per heavy atom. The molecular weight excluding hydrogens is 284 g/mol. The molecule has 114 valence electrons. The molecule has 0 radical (unpaired) electrons. The first-order valence-electron chi connectivity index (χ1n) is 6.58. The summed E-state index contributed by atoms with van der Waals surface area (Å²) in [6, 6.07) is 8.75. The highest BCUT2D eigenvalue weighted by atomic mass is 16.5. The predicted molar refractivity (Wildman–Crippen MR) is 82.1 cm³/mol. The summed E-state index contributed by atoms with van der Waals surface area (Å²) in [4.78, 5) is 23.2. The van der Waals surface area contributed by atoms with Crippen molar-refractivity contribution in [3.63, 3.8) is 0 Å². The van der Waals surface area contributed by atoms with Crippen LogP contribution in [0.15, 0.2) is 30.3 Å². The molecule has 1 N–H and O–H groups in total. The second-order valence-corrected chi connectivity index (χ2v) is 4.69. The molecule has 2 rings (SSSR count). The van der Waals surface area contributed by atoms with Crippen LogP contribution in [0.1, 0.15) is 26.3 Å². The van der Waals surface area contributed by atoms with Crippen LogP contribution in [0.3, 0.4) is 0 Å². The van der Waals surface area contributed by atoms with Crippen molar-refractivity contribution in [3.8, 4) is 22.6 Å². The number of carboxylic acid groups (broad SMARTS) is 1. The highest BCUT2D eigenvalue weighted by Gasteiger charge is 2.26. The molecule has 2 aromatic rings. The number of benzene rings is 2. The van der Waals surface area contributed by atoms with Crippen molar-refractivity contribution in [3.05, 3.63) is 47.0 Å². The molecule has 0 spiro atoms. The molecule has 0 saturated carbocycles. The quantitative estimate of drug-likeness (QED) is 0.858. The fourth-order valence-corrected chi connectivity index (χ4v) is 2.45. The second-order valence-electron chi connectivity index (χ2n) is 4.69. The number of carboxylic acids is 1. The Labute approximate surface area is 128 Å². The van der Waals surface area contributed by atoms with Crippen LogP contribution in [0, 0.1) is 6.92 Å². The van der Waals surface area contributed by atoms with Gasteiger partial charge in [0.1, 0.15) is 5.56 Å². The van der Waals surface area contributed by atoms with E-state index in [2.05, 4.69) is 0 Å². The number of carbonyl (C=O) groups excluding carboxylic acids is 1. The molecule has 0 saturated heterocycles. The molecule has 0 fully saturated rings. The number of carbonyl (C=O) groups is 2. The van der Waals surface area contributed by atoms with Gasteiger partial charge in [0, 0.05) is 11.1 Å². The van der Waals surface area contributed by atoms with Crippen LogP contribution in [0.4, 0.5) is 0 Å². The average molecular weight is 300 g/mol. The van der Waals surface area contributed by atoms with Gasteiger partial charge in [0.25, 0.3) is 0 Å². The highest BCUT2D eigenvalue weighted by molar-refractivity contribution is 6.05. The van der Waals surface area contributed by atoms with Crippen LogP contribution in [0.25, 0.3) is 11.1 Å². The van der Waals surface area contributed by atoms with Gasteiger partial charge in [0.05, 0.1) is 14.2 Å². The van der Waals surface area contributed by atoms with Crippen LogP contribution in [-0.2, 0) is 0 Å². The number of aromatic carboxylic acids is 1. The standard InChI is InChI=1S/C17H16O5/c1-10-6-4-5-7-12(10)14-11(9-18)8-13(21-2)16(22-3)15(14)17(19)20/h4-9H,1-3H3,(H,19,20). The third-order valence-corrected chi connectivity index (χ3v) is 3.46. The summed E-state index contributed by atoms with van der Waals surface area (Å²) < 4.78 is 10.4. The predicted octanol–water partition coefficient (Wildman–Crippen LogP) is 3.19. The fourth-order valence-electron chi connectivity index (χ4n) is 2.45.